The molecule has 0 atom stereocenters. The zero-order chi connectivity index (χ0) is 10.7. The number of halogens is 1. The van der Waals surface area contributed by atoms with Crippen LogP contribution in [0.1, 0.15) is 9.88 Å². The summed E-state index contributed by atoms with van der Waals surface area (Å²) in [5, 5.41) is 4.40. The van der Waals surface area contributed by atoms with Crippen molar-refractivity contribution in [3.8, 4) is 0 Å². The molecule has 1 N–H and O–H groups in total. The third-order valence-corrected chi connectivity index (χ3v) is 3.42. The van der Waals surface area contributed by atoms with Gasteiger partial charge in [0, 0.05) is 23.5 Å². The van der Waals surface area contributed by atoms with Crippen molar-refractivity contribution in [3.63, 3.8) is 0 Å². The van der Waals surface area contributed by atoms with E-state index in [1.165, 1.54) is 4.88 Å². The van der Waals surface area contributed by atoms with E-state index in [-0.39, 0.29) is 0 Å². The summed E-state index contributed by atoms with van der Waals surface area (Å²) in [4.78, 5) is 9.53. The van der Waals surface area contributed by atoms with Gasteiger partial charge in [-0.2, -0.15) is 0 Å². The fourth-order valence-electron chi connectivity index (χ4n) is 1.17. The molecule has 3 nitrogen and oxygen atoms in total. The van der Waals surface area contributed by atoms with Gasteiger partial charge < -0.3 is 5.32 Å². The number of anilines is 1. The van der Waals surface area contributed by atoms with Gasteiger partial charge in [-0.05, 0) is 28.9 Å². The number of nitrogens with zero attached hydrogens (tertiary/aromatic N) is 2. The van der Waals surface area contributed by atoms with E-state index in [2.05, 4.69) is 38.1 Å². The molecule has 2 rings (SSSR count). The molecule has 0 aromatic carbocycles. The Hall–Kier alpha value is -0.940. The molecular formula is C10H10BrN3S. The molecule has 0 aliphatic rings. The fourth-order valence-corrected chi connectivity index (χ4v) is 2.29. The zero-order valence-corrected chi connectivity index (χ0v) is 10.6. The van der Waals surface area contributed by atoms with Crippen molar-refractivity contribution in [2.24, 2.45) is 0 Å². The Labute approximate surface area is 101 Å². The van der Waals surface area contributed by atoms with Crippen LogP contribution in [-0.2, 0) is 6.54 Å². The molecule has 0 fully saturated rings. The van der Waals surface area contributed by atoms with Gasteiger partial charge in [0.05, 0.1) is 16.7 Å². The van der Waals surface area contributed by atoms with Crippen LogP contribution in [0.4, 0.5) is 5.69 Å². The van der Waals surface area contributed by atoms with Crippen molar-refractivity contribution < 1.29 is 0 Å². The monoisotopic (exact) mass is 283 g/mol. The second kappa shape index (κ2) is 4.72. The molecule has 0 unspecified atom stereocenters. The van der Waals surface area contributed by atoms with Gasteiger partial charge in [0.25, 0.3) is 0 Å². The molecule has 0 saturated carbocycles. The quantitative estimate of drug-likeness (QED) is 0.940. The van der Waals surface area contributed by atoms with Crippen molar-refractivity contribution >= 4 is 33.0 Å². The lowest BCUT2D eigenvalue weighted by atomic mass is 10.4. The van der Waals surface area contributed by atoms with Gasteiger partial charge in [-0.3, -0.25) is 4.98 Å². The van der Waals surface area contributed by atoms with E-state index in [1.54, 1.807) is 23.7 Å². The lowest BCUT2D eigenvalue weighted by Crippen LogP contribution is -1.99. The summed E-state index contributed by atoms with van der Waals surface area (Å²) in [6, 6.07) is 1.94. The van der Waals surface area contributed by atoms with Gasteiger partial charge in [0.2, 0.25) is 0 Å². The Morgan fingerprint density at radius 1 is 1.47 bits per heavy atom. The van der Waals surface area contributed by atoms with Gasteiger partial charge in [-0.25, -0.2) is 4.98 Å². The summed E-state index contributed by atoms with van der Waals surface area (Å²) in [6.45, 7) is 2.81. The average Bonchev–Trinajstić information content (AvgIpc) is 2.63. The highest BCUT2D eigenvalue weighted by Crippen LogP contribution is 2.21. The topological polar surface area (TPSA) is 37.8 Å². The van der Waals surface area contributed by atoms with E-state index in [0.29, 0.717) is 0 Å². The van der Waals surface area contributed by atoms with Crippen LogP contribution < -0.4 is 5.32 Å². The minimum Gasteiger partial charge on any atom is -0.378 e. The summed E-state index contributed by atoms with van der Waals surface area (Å²) in [5.41, 5.74) is 1.04. The smallest absolute Gasteiger partial charge is 0.112 e. The normalized spacial score (nSPS) is 10.3. The van der Waals surface area contributed by atoms with E-state index < -0.39 is 0 Å². The first-order valence-corrected chi connectivity index (χ1v) is 6.11. The molecular weight excluding hydrogens is 274 g/mol. The van der Waals surface area contributed by atoms with Crippen LogP contribution in [0.25, 0.3) is 0 Å². The maximum atomic E-state index is 4.29. The van der Waals surface area contributed by atoms with Crippen molar-refractivity contribution in [2.45, 2.75) is 13.5 Å². The molecule has 0 bridgehead atoms. The van der Waals surface area contributed by atoms with E-state index in [1.807, 2.05) is 12.3 Å². The third kappa shape index (κ3) is 2.76. The number of aromatic nitrogens is 2. The summed E-state index contributed by atoms with van der Waals surface area (Å²) >= 11 is 5.14. The van der Waals surface area contributed by atoms with E-state index >= 15 is 0 Å². The first-order valence-electron chi connectivity index (χ1n) is 4.50. The largest absolute Gasteiger partial charge is 0.378 e. The van der Waals surface area contributed by atoms with E-state index in [4.69, 9.17) is 0 Å². The molecule has 2 heterocycles. The Kier molecular flexibility index (Phi) is 3.33. The Balaban J connectivity index is 2.02. The maximum absolute atomic E-state index is 4.29. The summed E-state index contributed by atoms with van der Waals surface area (Å²) < 4.78 is 0.971. The highest BCUT2D eigenvalue weighted by atomic mass is 79.9. The highest BCUT2D eigenvalue weighted by Gasteiger charge is 2.01. The molecule has 5 heteroatoms. The standard InChI is InChI=1S/C10H10BrN3S/c1-7-4-14-10(15-7)6-13-9-2-3-12-5-8(9)11/h2-5H,6H2,1H3,(H,12,13). The van der Waals surface area contributed by atoms with Crippen LogP contribution in [0, 0.1) is 6.92 Å². The minimum atomic E-state index is 0.751. The number of hydrogen-bond acceptors (Lipinski definition) is 4. The molecule has 78 valence electrons. The Morgan fingerprint density at radius 3 is 3.00 bits per heavy atom. The molecule has 0 amide bonds. The first kappa shape index (κ1) is 10.6. The van der Waals surface area contributed by atoms with Gasteiger partial charge >= 0.3 is 0 Å². The van der Waals surface area contributed by atoms with Crippen molar-refractivity contribution in [1.82, 2.24) is 9.97 Å². The lowest BCUT2D eigenvalue weighted by Gasteiger charge is -2.05. The molecule has 0 spiro atoms. The van der Waals surface area contributed by atoms with Crippen LogP contribution in [-0.4, -0.2) is 9.97 Å². The van der Waals surface area contributed by atoms with Crippen molar-refractivity contribution in [2.75, 3.05) is 5.32 Å². The van der Waals surface area contributed by atoms with Crippen LogP contribution in [0.5, 0.6) is 0 Å². The molecule has 2 aromatic heterocycles. The Morgan fingerprint density at radius 2 is 2.33 bits per heavy atom. The third-order valence-electron chi connectivity index (χ3n) is 1.87. The average molecular weight is 284 g/mol. The van der Waals surface area contributed by atoms with Crippen LogP contribution in [0.15, 0.2) is 29.1 Å². The predicted molar refractivity (Wildman–Crippen MR) is 66.1 cm³/mol. The summed E-state index contributed by atoms with van der Waals surface area (Å²) in [5.74, 6) is 0. The molecule has 15 heavy (non-hydrogen) atoms. The van der Waals surface area contributed by atoms with E-state index in [9.17, 15) is 0 Å². The van der Waals surface area contributed by atoms with Gasteiger partial charge in [0.1, 0.15) is 5.01 Å². The maximum Gasteiger partial charge on any atom is 0.112 e. The van der Waals surface area contributed by atoms with Crippen LogP contribution >= 0.6 is 27.3 Å². The number of thiazole rings is 1. The number of rotatable bonds is 3. The highest BCUT2D eigenvalue weighted by molar-refractivity contribution is 9.10. The van der Waals surface area contributed by atoms with Crippen molar-refractivity contribution in [1.29, 1.82) is 0 Å². The Bertz CT molecular complexity index is 455. The molecule has 0 aliphatic carbocycles. The van der Waals surface area contributed by atoms with Gasteiger partial charge in [-0.15, -0.1) is 11.3 Å². The second-order valence-electron chi connectivity index (χ2n) is 3.07. The first-order chi connectivity index (χ1) is 7.25. The summed E-state index contributed by atoms with van der Waals surface area (Å²) in [6.07, 6.45) is 5.43. The number of pyridine rings is 1. The van der Waals surface area contributed by atoms with Crippen LogP contribution in [0.2, 0.25) is 0 Å². The van der Waals surface area contributed by atoms with Crippen LogP contribution in [0.3, 0.4) is 0 Å². The van der Waals surface area contributed by atoms with E-state index in [0.717, 1.165) is 21.7 Å². The number of hydrogen-bond donors (Lipinski definition) is 1. The fraction of sp³-hybridized carbons (Fsp3) is 0.200. The molecule has 0 aliphatic heterocycles. The second-order valence-corrected chi connectivity index (χ2v) is 5.25. The van der Waals surface area contributed by atoms with Crippen molar-refractivity contribution in [3.05, 3.63) is 39.0 Å². The molecule has 0 radical (unpaired) electrons. The van der Waals surface area contributed by atoms with Gasteiger partial charge in [0.15, 0.2) is 0 Å². The number of aryl methyl sites for hydroxylation is 1. The number of nitrogens with one attached hydrogen (secondary N) is 1. The SMILES string of the molecule is Cc1cnc(CNc2ccncc2Br)s1. The molecule has 0 saturated heterocycles. The van der Waals surface area contributed by atoms with Gasteiger partial charge in [-0.1, -0.05) is 0 Å². The minimum absolute atomic E-state index is 0.751. The summed E-state index contributed by atoms with van der Waals surface area (Å²) in [7, 11) is 0. The predicted octanol–water partition coefficient (Wildman–Crippen LogP) is 3.22. The lowest BCUT2D eigenvalue weighted by molar-refractivity contribution is 1.09. The zero-order valence-electron chi connectivity index (χ0n) is 8.20. The molecule has 2 aromatic rings.